The first-order chi connectivity index (χ1) is 7.27. The van der Waals surface area contributed by atoms with Gasteiger partial charge in [-0.05, 0) is 18.8 Å². The van der Waals surface area contributed by atoms with Crippen LogP contribution >= 0.6 is 15.9 Å². The highest BCUT2D eigenvalue weighted by atomic mass is 79.9. The summed E-state index contributed by atoms with van der Waals surface area (Å²) in [6, 6.07) is 0. The van der Waals surface area contributed by atoms with Gasteiger partial charge >= 0.3 is 0 Å². The molecule has 0 N–H and O–H groups in total. The molecule has 0 aliphatic heterocycles. The normalized spacial score (nSPS) is 11.2. The van der Waals surface area contributed by atoms with Crippen molar-refractivity contribution in [3.8, 4) is 0 Å². The minimum Gasteiger partial charge on any atom is -0.381 e. The minimum atomic E-state index is 0.675. The molecule has 0 saturated carbocycles. The molecule has 92 valence electrons. The highest BCUT2D eigenvalue weighted by Gasteiger charge is 1.94. The zero-order valence-corrected chi connectivity index (χ0v) is 12.0. The smallest absolute Gasteiger partial charge is 0.0488 e. The van der Waals surface area contributed by atoms with Crippen LogP contribution in [-0.4, -0.2) is 18.5 Å². The summed E-state index contributed by atoms with van der Waals surface area (Å²) in [4.78, 5) is 0. The van der Waals surface area contributed by atoms with Crippen LogP contribution in [-0.2, 0) is 4.74 Å². The Morgan fingerprint density at radius 1 is 0.867 bits per heavy atom. The molecule has 0 aromatic rings. The Morgan fingerprint density at radius 2 is 1.40 bits per heavy atom. The van der Waals surface area contributed by atoms with Crippen molar-refractivity contribution >= 4 is 15.9 Å². The first kappa shape index (κ1) is 15.4. The molecule has 0 heterocycles. The monoisotopic (exact) mass is 278 g/mol. The molecule has 1 nitrogen and oxygen atoms in total. The van der Waals surface area contributed by atoms with E-state index in [1.807, 2.05) is 0 Å². The van der Waals surface area contributed by atoms with E-state index in [4.69, 9.17) is 4.74 Å². The van der Waals surface area contributed by atoms with Crippen LogP contribution in [0.5, 0.6) is 0 Å². The maximum Gasteiger partial charge on any atom is 0.0488 e. The lowest BCUT2D eigenvalue weighted by atomic mass is 10.1. The van der Waals surface area contributed by atoms with Crippen molar-refractivity contribution in [3.63, 3.8) is 0 Å². The number of alkyl halides is 1. The van der Waals surface area contributed by atoms with Gasteiger partial charge in [-0.2, -0.15) is 0 Å². The molecule has 0 aromatic heterocycles. The van der Waals surface area contributed by atoms with E-state index in [9.17, 15) is 0 Å². The summed E-state index contributed by atoms with van der Waals surface area (Å²) in [6.07, 6.45) is 9.48. The molecule has 0 aliphatic carbocycles. The van der Waals surface area contributed by atoms with Crippen molar-refractivity contribution < 1.29 is 4.74 Å². The molecule has 0 spiro atoms. The van der Waals surface area contributed by atoms with Crippen LogP contribution in [0.15, 0.2) is 0 Å². The lowest BCUT2D eigenvalue weighted by Crippen LogP contribution is -2.02. The number of ether oxygens (including phenoxy) is 1. The van der Waals surface area contributed by atoms with Crippen LogP contribution in [0.25, 0.3) is 0 Å². The summed E-state index contributed by atoms with van der Waals surface area (Å²) >= 11 is 3.46. The number of hydrogen-bond donors (Lipinski definition) is 0. The van der Waals surface area contributed by atoms with Gasteiger partial charge in [0.15, 0.2) is 0 Å². The van der Waals surface area contributed by atoms with Crippen LogP contribution < -0.4 is 0 Å². The Balaban J connectivity index is 2.87. The Bertz CT molecular complexity index is 115. The van der Waals surface area contributed by atoms with E-state index in [0.29, 0.717) is 5.92 Å². The Labute approximate surface area is 104 Å². The first-order valence-electron chi connectivity index (χ1n) is 6.41. The SMILES string of the molecule is CC(C)COCCCCCCCCCBr. The quantitative estimate of drug-likeness (QED) is 0.390. The highest BCUT2D eigenvalue weighted by Crippen LogP contribution is 2.08. The molecule has 0 atom stereocenters. The van der Waals surface area contributed by atoms with Gasteiger partial charge in [-0.1, -0.05) is 61.9 Å². The standard InChI is InChI=1S/C13H27BrO/c1-13(2)12-15-11-9-7-5-3-4-6-8-10-14/h13H,3-12H2,1-2H3. The molecule has 2 heteroatoms. The fourth-order valence-corrected chi connectivity index (χ4v) is 1.90. The molecule has 0 radical (unpaired) electrons. The average molecular weight is 279 g/mol. The van der Waals surface area contributed by atoms with Gasteiger partial charge in [0, 0.05) is 18.5 Å². The highest BCUT2D eigenvalue weighted by molar-refractivity contribution is 9.09. The second-order valence-corrected chi connectivity index (χ2v) is 5.43. The summed E-state index contributed by atoms with van der Waals surface area (Å²) in [5, 5.41) is 1.16. The molecular formula is C13H27BrO. The van der Waals surface area contributed by atoms with E-state index in [1.165, 1.54) is 44.9 Å². The van der Waals surface area contributed by atoms with Gasteiger partial charge in [-0.25, -0.2) is 0 Å². The van der Waals surface area contributed by atoms with E-state index in [2.05, 4.69) is 29.8 Å². The van der Waals surface area contributed by atoms with E-state index in [1.54, 1.807) is 0 Å². The Hall–Kier alpha value is 0.440. The Morgan fingerprint density at radius 3 is 1.93 bits per heavy atom. The summed E-state index contributed by atoms with van der Waals surface area (Å²) < 4.78 is 5.53. The van der Waals surface area contributed by atoms with E-state index in [0.717, 1.165) is 18.5 Å². The summed E-state index contributed by atoms with van der Waals surface area (Å²) in [6.45, 7) is 6.28. The van der Waals surface area contributed by atoms with Crippen molar-refractivity contribution in [1.82, 2.24) is 0 Å². The minimum absolute atomic E-state index is 0.675. The molecule has 0 aliphatic rings. The first-order valence-corrected chi connectivity index (χ1v) is 7.53. The van der Waals surface area contributed by atoms with E-state index >= 15 is 0 Å². The van der Waals surface area contributed by atoms with Gasteiger partial charge in [0.1, 0.15) is 0 Å². The summed E-state index contributed by atoms with van der Waals surface area (Å²) in [5.74, 6) is 0.675. The largest absolute Gasteiger partial charge is 0.381 e. The fourth-order valence-electron chi connectivity index (χ4n) is 1.50. The number of halogens is 1. The maximum absolute atomic E-state index is 5.53. The number of unbranched alkanes of at least 4 members (excludes halogenated alkanes) is 6. The van der Waals surface area contributed by atoms with Gasteiger partial charge in [0.05, 0.1) is 0 Å². The maximum atomic E-state index is 5.53. The second kappa shape index (κ2) is 12.5. The second-order valence-electron chi connectivity index (χ2n) is 4.63. The lowest BCUT2D eigenvalue weighted by Gasteiger charge is -2.06. The Kier molecular flexibility index (Phi) is 12.9. The van der Waals surface area contributed by atoms with E-state index < -0.39 is 0 Å². The van der Waals surface area contributed by atoms with Crippen molar-refractivity contribution in [2.45, 2.75) is 58.8 Å². The number of hydrogen-bond acceptors (Lipinski definition) is 1. The van der Waals surface area contributed by atoms with Gasteiger partial charge in [0.2, 0.25) is 0 Å². The predicted molar refractivity (Wildman–Crippen MR) is 71.8 cm³/mol. The van der Waals surface area contributed by atoms with Crippen LogP contribution in [0.1, 0.15) is 58.8 Å². The molecule has 15 heavy (non-hydrogen) atoms. The molecular weight excluding hydrogens is 252 g/mol. The molecule has 0 amide bonds. The van der Waals surface area contributed by atoms with Gasteiger partial charge in [-0.15, -0.1) is 0 Å². The molecule has 0 bridgehead atoms. The number of rotatable bonds is 11. The van der Waals surface area contributed by atoms with Gasteiger partial charge in [0.25, 0.3) is 0 Å². The summed E-state index contributed by atoms with van der Waals surface area (Å²) in [7, 11) is 0. The van der Waals surface area contributed by atoms with E-state index in [-0.39, 0.29) is 0 Å². The van der Waals surface area contributed by atoms with Crippen molar-refractivity contribution in [2.75, 3.05) is 18.5 Å². The third-order valence-electron chi connectivity index (χ3n) is 2.37. The van der Waals surface area contributed by atoms with Crippen molar-refractivity contribution in [2.24, 2.45) is 5.92 Å². The van der Waals surface area contributed by atoms with Crippen LogP contribution in [0.3, 0.4) is 0 Å². The zero-order valence-electron chi connectivity index (χ0n) is 10.4. The fraction of sp³-hybridized carbons (Fsp3) is 1.00. The zero-order chi connectivity index (χ0) is 11.4. The third kappa shape index (κ3) is 14.4. The summed E-state index contributed by atoms with van der Waals surface area (Å²) in [5.41, 5.74) is 0. The van der Waals surface area contributed by atoms with Gasteiger partial charge in [-0.3, -0.25) is 0 Å². The van der Waals surface area contributed by atoms with Crippen LogP contribution in [0, 0.1) is 5.92 Å². The van der Waals surface area contributed by atoms with Crippen LogP contribution in [0.4, 0.5) is 0 Å². The van der Waals surface area contributed by atoms with Crippen molar-refractivity contribution in [1.29, 1.82) is 0 Å². The molecule has 0 saturated heterocycles. The molecule has 0 unspecified atom stereocenters. The van der Waals surface area contributed by atoms with Gasteiger partial charge < -0.3 is 4.74 Å². The predicted octanol–water partition coefficient (Wildman–Crippen LogP) is 4.78. The van der Waals surface area contributed by atoms with Crippen molar-refractivity contribution in [3.05, 3.63) is 0 Å². The molecule has 0 fully saturated rings. The lowest BCUT2D eigenvalue weighted by molar-refractivity contribution is 0.106. The topological polar surface area (TPSA) is 9.23 Å². The average Bonchev–Trinajstić information content (AvgIpc) is 2.20. The van der Waals surface area contributed by atoms with Crippen LogP contribution in [0.2, 0.25) is 0 Å². The third-order valence-corrected chi connectivity index (χ3v) is 2.93. The molecule has 0 aromatic carbocycles. The molecule has 0 rings (SSSR count).